The van der Waals surface area contributed by atoms with E-state index in [-0.39, 0.29) is 12.0 Å². The largest absolute Gasteiger partial charge is 0.481 e. The van der Waals surface area contributed by atoms with Crippen LogP contribution in [0.2, 0.25) is 0 Å². The minimum absolute atomic E-state index is 0.0980. The number of alkyl halides is 1. The van der Waals surface area contributed by atoms with Gasteiger partial charge in [0.2, 0.25) is 0 Å². The summed E-state index contributed by atoms with van der Waals surface area (Å²) in [6, 6.07) is 0. The minimum atomic E-state index is -0.537. The smallest absolute Gasteiger partial charge is 0.309 e. The lowest BCUT2D eigenvalue weighted by Crippen LogP contribution is -2.61. The number of aliphatic carboxylic acids is 1. The highest BCUT2D eigenvalue weighted by atomic mass is 79.9. The fourth-order valence-electron chi connectivity index (χ4n) is 10.3. The number of allylic oxidation sites excluding steroid dienone is 1. The molecule has 0 bridgehead atoms. The third-order valence-electron chi connectivity index (χ3n) is 11.7. The highest BCUT2D eigenvalue weighted by Gasteiger charge is 2.66. The van der Waals surface area contributed by atoms with Crippen LogP contribution in [-0.4, -0.2) is 27.6 Å². The van der Waals surface area contributed by atoms with Gasteiger partial charge in [0, 0.05) is 5.33 Å². The number of aliphatic hydroxyl groups is 1. The van der Waals surface area contributed by atoms with Crippen molar-refractivity contribution in [3.05, 3.63) is 12.2 Å². The Morgan fingerprint density at radius 3 is 2.42 bits per heavy atom. The molecule has 0 amide bonds. The van der Waals surface area contributed by atoms with Crippen molar-refractivity contribution >= 4 is 21.9 Å². The number of carbonyl (C=O) groups is 1. The summed E-state index contributed by atoms with van der Waals surface area (Å²) in [6.45, 7) is 9.51. The molecule has 2 N–H and O–H groups in total. The van der Waals surface area contributed by atoms with E-state index < -0.39 is 11.4 Å². The minimum Gasteiger partial charge on any atom is -0.481 e. The van der Waals surface area contributed by atoms with E-state index in [1.165, 1.54) is 37.7 Å². The standard InChI is InChI=1S/C27H41BrO3/c1-16(15-28)19-8-12-27(24(30)31)13-9-21-20(23(19)27)4-5-22-25(2)11-7-18(29)14-17(25)6-10-26(21,22)3/h17-23,29H,1,4-15H2,2-3H3,(H,30,31). The molecule has 5 fully saturated rings. The fourth-order valence-corrected chi connectivity index (χ4v) is 10.7. The van der Waals surface area contributed by atoms with Gasteiger partial charge < -0.3 is 10.2 Å². The van der Waals surface area contributed by atoms with E-state index in [9.17, 15) is 15.0 Å². The maximum Gasteiger partial charge on any atom is 0.309 e. The third kappa shape index (κ3) is 3.02. The van der Waals surface area contributed by atoms with Crippen LogP contribution in [0.25, 0.3) is 0 Å². The number of hydrogen-bond acceptors (Lipinski definition) is 2. The molecule has 5 saturated carbocycles. The molecule has 0 aromatic heterocycles. The van der Waals surface area contributed by atoms with Crippen LogP contribution in [0.3, 0.4) is 0 Å². The van der Waals surface area contributed by atoms with Crippen molar-refractivity contribution in [3.63, 3.8) is 0 Å². The van der Waals surface area contributed by atoms with E-state index in [1.54, 1.807) is 0 Å². The van der Waals surface area contributed by atoms with E-state index in [2.05, 4.69) is 36.4 Å². The molecule has 0 spiro atoms. The summed E-state index contributed by atoms with van der Waals surface area (Å²) in [4.78, 5) is 12.7. The maximum absolute atomic E-state index is 12.7. The van der Waals surface area contributed by atoms with E-state index in [1.807, 2.05) is 0 Å². The molecule has 0 aromatic carbocycles. The van der Waals surface area contributed by atoms with Gasteiger partial charge in [-0.3, -0.25) is 4.79 Å². The van der Waals surface area contributed by atoms with E-state index >= 15 is 0 Å². The van der Waals surface area contributed by atoms with Crippen LogP contribution < -0.4 is 0 Å². The van der Waals surface area contributed by atoms with Crippen molar-refractivity contribution < 1.29 is 15.0 Å². The molecule has 10 atom stereocenters. The molecule has 0 saturated heterocycles. The zero-order chi connectivity index (χ0) is 22.2. The van der Waals surface area contributed by atoms with Gasteiger partial charge in [-0.25, -0.2) is 0 Å². The Morgan fingerprint density at radius 1 is 1.00 bits per heavy atom. The van der Waals surface area contributed by atoms with E-state index in [0.29, 0.717) is 34.5 Å². The highest BCUT2D eigenvalue weighted by Crippen LogP contribution is 2.72. The molecule has 4 heteroatoms. The second-order valence-electron chi connectivity index (χ2n) is 12.5. The lowest BCUT2D eigenvalue weighted by molar-refractivity contribution is -0.192. The Hall–Kier alpha value is -0.350. The molecule has 0 radical (unpaired) electrons. The van der Waals surface area contributed by atoms with Crippen LogP contribution in [0, 0.1) is 51.8 Å². The van der Waals surface area contributed by atoms with Gasteiger partial charge in [0.05, 0.1) is 11.5 Å². The average Bonchev–Trinajstić information content (AvgIpc) is 3.15. The normalized spacial score (nSPS) is 53.6. The lowest BCUT2D eigenvalue weighted by atomic mass is 9.38. The highest BCUT2D eigenvalue weighted by molar-refractivity contribution is 9.09. The van der Waals surface area contributed by atoms with Crippen molar-refractivity contribution in [2.24, 2.45) is 51.8 Å². The fraction of sp³-hybridized carbons (Fsp3) is 0.889. The number of carboxylic acids is 1. The molecule has 0 aromatic rings. The van der Waals surface area contributed by atoms with Crippen molar-refractivity contribution in [3.8, 4) is 0 Å². The molecule has 10 unspecified atom stereocenters. The first kappa shape index (κ1) is 22.4. The first-order chi connectivity index (χ1) is 14.7. The summed E-state index contributed by atoms with van der Waals surface area (Å²) >= 11 is 3.63. The first-order valence-corrected chi connectivity index (χ1v) is 13.9. The van der Waals surface area contributed by atoms with Crippen LogP contribution in [-0.2, 0) is 4.79 Å². The quantitative estimate of drug-likeness (QED) is 0.352. The van der Waals surface area contributed by atoms with Gasteiger partial charge in [-0.1, -0.05) is 41.9 Å². The molecule has 5 rings (SSSR count). The van der Waals surface area contributed by atoms with E-state index in [4.69, 9.17) is 0 Å². The summed E-state index contributed by atoms with van der Waals surface area (Å²) in [6.07, 6.45) is 11.8. The summed E-state index contributed by atoms with van der Waals surface area (Å²) in [5.74, 6) is 2.67. The Labute approximate surface area is 196 Å². The number of rotatable bonds is 3. The monoisotopic (exact) mass is 492 g/mol. The zero-order valence-corrected chi connectivity index (χ0v) is 21.0. The Balaban J connectivity index is 1.50. The molecule has 5 aliphatic carbocycles. The van der Waals surface area contributed by atoms with Crippen LogP contribution in [0.1, 0.15) is 84.5 Å². The van der Waals surface area contributed by atoms with Gasteiger partial charge in [-0.2, -0.15) is 0 Å². The molecular weight excluding hydrogens is 452 g/mol. The SMILES string of the molecule is C=C(CBr)C1CCC2(C(=O)O)CCC3C(CCC4C5(C)CCC(O)CC5CCC34C)C12. The molecule has 0 heterocycles. The lowest BCUT2D eigenvalue weighted by Gasteiger charge is -2.67. The van der Waals surface area contributed by atoms with Gasteiger partial charge in [0.1, 0.15) is 0 Å². The van der Waals surface area contributed by atoms with Crippen molar-refractivity contribution in [1.82, 2.24) is 0 Å². The van der Waals surface area contributed by atoms with Crippen LogP contribution in [0.5, 0.6) is 0 Å². The Kier molecular flexibility index (Phi) is 5.49. The van der Waals surface area contributed by atoms with Crippen LogP contribution in [0.4, 0.5) is 0 Å². The summed E-state index contributed by atoms with van der Waals surface area (Å²) in [7, 11) is 0. The van der Waals surface area contributed by atoms with Crippen LogP contribution >= 0.6 is 15.9 Å². The van der Waals surface area contributed by atoms with Crippen molar-refractivity contribution in [1.29, 1.82) is 0 Å². The number of halogens is 1. The van der Waals surface area contributed by atoms with Gasteiger partial charge in [-0.05, 0) is 117 Å². The number of fused-ring (bicyclic) bond motifs is 7. The Morgan fingerprint density at radius 2 is 1.71 bits per heavy atom. The summed E-state index contributed by atoms with van der Waals surface area (Å²) < 4.78 is 0. The zero-order valence-electron chi connectivity index (χ0n) is 19.4. The van der Waals surface area contributed by atoms with Crippen molar-refractivity contribution in [2.45, 2.75) is 90.6 Å². The van der Waals surface area contributed by atoms with E-state index in [0.717, 1.165) is 49.8 Å². The second-order valence-corrected chi connectivity index (χ2v) is 13.1. The second kappa shape index (κ2) is 7.58. The topological polar surface area (TPSA) is 57.5 Å². The molecule has 5 aliphatic rings. The van der Waals surface area contributed by atoms with Gasteiger partial charge in [-0.15, -0.1) is 0 Å². The van der Waals surface area contributed by atoms with Gasteiger partial charge >= 0.3 is 5.97 Å². The number of hydrogen-bond donors (Lipinski definition) is 2. The summed E-state index contributed by atoms with van der Waals surface area (Å²) in [5.41, 5.74) is 1.38. The molecule has 31 heavy (non-hydrogen) atoms. The number of carboxylic acid groups (broad SMARTS) is 1. The predicted octanol–water partition coefficient (Wildman–Crippen LogP) is 6.44. The maximum atomic E-state index is 12.7. The Bertz CT molecular complexity index is 766. The first-order valence-electron chi connectivity index (χ1n) is 12.8. The third-order valence-corrected chi connectivity index (χ3v) is 12.5. The molecule has 0 aliphatic heterocycles. The van der Waals surface area contributed by atoms with Crippen molar-refractivity contribution in [2.75, 3.05) is 5.33 Å². The summed E-state index contributed by atoms with van der Waals surface area (Å²) in [5, 5.41) is 21.5. The predicted molar refractivity (Wildman–Crippen MR) is 127 cm³/mol. The molecule has 174 valence electrons. The van der Waals surface area contributed by atoms with Gasteiger partial charge in [0.25, 0.3) is 0 Å². The molecular formula is C27H41BrO3. The molecule has 3 nitrogen and oxygen atoms in total. The van der Waals surface area contributed by atoms with Crippen LogP contribution in [0.15, 0.2) is 12.2 Å². The average molecular weight is 494 g/mol. The van der Waals surface area contributed by atoms with Gasteiger partial charge in [0.15, 0.2) is 0 Å². The number of aliphatic hydroxyl groups excluding tert-OH is 1.